The number of hydrogen-bond donors (Lipinski definition) is 2. The largest absolute Gasteiger partial charge is 0.478 e. The van der Waals surface area contributed by atoms with Gasteiger partial charge in [0.2, 0.25) is 5.91 Å². The second-order valence-corrected chi connectivity index (χ2v) is 4.14. The molecule has 5 nitrogen and oxygen atoms in total. The van der Waals surface area contributed by atoms with Crippen LogP contribution in [0.3, 0.4) is 0 Å². The summed E-state index contributed by atoms with van der Waals surface area (Å²) in [7, 11) is 1.70. The fraction of sp³-hybridized carbons (Fsp3) is 0.231. The van der Waals surface area contributed by atoms with Gasteiger partial charge in [0.15, 0.2) is 0 Å². The Morgan fingerprint density at radius 2 is 2.22 bits per heavy atom. The number of fused-ring (bicyclic) bond motifs is 1. The number of rotatable bonds is 3. The zero-order valence-electron chi connectivity index (χ0n) is 9.88. The van der Waals surface area contributed by atoms with Crippen molar-refractivity contribution in [3.63, 3.8) is 0 Å². The normalized spacial score (nSPS) is 14.9. The van der Waals surface area contributed by atoms with Gasteiger partial charge < -0.3 is 15.1 Å². The van der Waals surface area contributed by atoms with E-state index in [4.69, 9.17) is 5.11 Å². The highest BCUT2D eigenvalue weighted by molar-refractivity contribution is 6.01. The number of aliphatic hydroxyl groups excluding tert-OH is 1. The van der Waals surface area contributed by atoms with Crippen LogP contribution in [0.25, 0.3) is 5.57 Å². The summed E-state index contributed by atoms with van der Waals surface area (Å²) in [5.41, 5.74) is 2.63. The van der Waals surface area contributed by atoms with Crippen LogP contribution in [-0.2, 0) is 16.0 Å². The number of carbonyl (C=O) groups excluding carboxylic acids is 1. The third-order valence-electron chi connectivity index (χ3n) is 3.00. The van der Waals surface area contributed by atoms with Crippen molar-refractivity contribution >= 4 is 23.1 Å². The Kier molecular flexibility index (Phi) is 3.16. The van der Waals surface area contributed by atoms with Crippen LogP contribution in [0.15, 0.2) is 24.3 Å². The minimum absolute atomic E-state index is 0.00918. The van der Waals surface area contributed by atoms with E-state index in [9.17, 15) is 14.7 Å². The predicted molar refractivity (Wildman–Crippen MR) is 66.3 cm³/mol. The smallest absolute Gasteiger partial charge is 0.328 e. The molecule has 2 N–H and O–H groups in total. The van der Waals surface area contributed by atoms with Gasteiger partial charge in [0.05, 0.1) is 13.0 Å². The molecule has 18 heavy (non-hydrogen) atoms. The Morgan fingerprint density at radius 3 is 2.83 bits per heavy atom. The number of aliphatic hydroxyl groups is 1. The maximum Gasteiger partial charge on any atom is 0.328 e. The molecule has 94 valence electrons. The van der Waals surface area contributed by atoms with Crippen molar-refractivity contribution in [3.05, 3.63) is 35.4 Å². The third kappa shape index (κ3) is 2.12. The molecule has 0 spiro atoms. The molecule has 1 aromatic rings. The summed E-state index contributed by atoms with van der Waals surface area (Å²) >= 11 is 0. The Morgan fingerprint density at radius 1 is 1.50 bits per heavy atom. The molecule has 0 bridgehead atoms. The number of hydrogen-bond acceptors (Lipinski definition) is 3. The average molecular weight is 247 g/mol. The van der Waals surface area contributed by atoms with E-state index in [1.165, 1.54) is 0 Å². The van der Waals surface area contributed by atoms with E-state index in [2.05, 4.69) is 0 Å². The first-order valence-electron chi connectivity index (χ1n) is 5.47. The molecule has 1 aliphatic heterocycles. The van der Waals surface area contributed by atoms with E-state index in [-0.39, 0.29) is 12.5 Å². The molecule has 0 saturated carbocycles. The molecule has 0 saturated heterocycles. The van der Waals surface area contributed by atoms with Crippen molar-refractivity contribution in [3.8, 4) is 0 Å². The van der Waals surface area contributed by atoms with E-state index in [0.29, 0.717) is 17.6 Å². The monoisotopic (exact) mass is 247 g/mol. The number of nitrogens with zero attached hydrogens (tertiary/aromatic N) is 1. The maximum absolute atomic E-state index is 11.5. The number of anilines is 1. The molecule has 0 radical (unpaired) electrons. The fourth-order valence-corrected chi connectivity index (χ4v) is 2.04. The van der Waals surface area contributed by atoms with Gasteiger partial charge in [-0.3, -0.25) is 4.79 Å². The molecule has 1 heterocycles. The molecule has 5 heteroatoms. The van der Waals surface area contributed by atoms with Crippen molar-refractivity contribution in [1.82, 2.24) is 0 Å². The summed E-state index contributed by atoms with van der Waals surface area (Å²) in [6.45, 7) is -0.352. The lowest BCUT2D eigenvalue weighted by Gasteiger charge is -2.11. The first-order chi connectivity index (χ1) is 8.52. The molecule has 1 aliphatic rings. The first kappa shape index (κ1) is 12.3. The Bertz CT molecular complexity index is 548. The van der Waals surface area contributed by atoms with Gasteiger partial charge in [0, 0.05) is 18.8 Å². The lowest BCUT2D eigenvalue weighted by atomic mass is 10.0. The van der Waals surface area contributed by atoms with Gasteiger partial charge in [0.25, 0.3) is 0 Å². The number of carboxylic acid groups (broad SMARTS) is 1. The van der Waals surface area contributed by atoms with Crippen LogP contribution >= 0.6 is 0 Å². The molecule has 0 atom stereocenters. The van der Waals surface area contributed by atoms with Gasteiger partial charge in [-0.15, -0.1) is 0 Å². The summed E-state index contributed by atoms with van der Waals surface area (Å²) < 4.78 is 0. The minimum Gasteiger partial charge on any atom is -0.478 e. The summed E-state index contributed by atoms with van der Waals surface area (Å²) in [6.07, 6.45) is 1.29. The molecule has 2 rings (SSSR count). The minimum atomic E-state index is -1.10. The highest BCUT2D eigenvalue weighted by Gasteiger charge is 2.24. The van der Waals surface area contributed by atoms with Gasteiger partial charge in [-0.05, 0) is 28.8 Å². The SMILES string of the molecule is CN1C(=O)Cc2cc(/C(=C/C(=O)O)CO)ccc21. The van der Waals surface area contributed by atoms with Crippen molar-refractivity contribution < 1.29 is 19.8 Å². The van der Waals surface area contributed by atoms with E-state index >= 15 is 0 Å². The zero-order chi connectivity index (χ0) is 13.3. The number of amides is 1. The van der Waals surface area contributed by atoms with Gasteiger partial charge in [-0.25, -0.2) is 4.79 Å². The summed E-state index contributed by atoms with van der Waals surface area (Å²) in [4.78, 5) is 23.7. The molecule has 1 amide bonds. The predicted octanol–water partition coefficient (Wildman–Crippen LogP) is 0.666. The van der Waals surface area contributed by atoms with Crippen LogP contribution in [0, 0.1) is 0 Å². The number of carboxylic acids is 1. The summed E-state index contributed by atoms with van der Waals surface area (Å²) in [5, 5.41) is 17.9. The first-order valence-corrected chi connectivity index (χ1v) is 5.47. The zero-order valence-corrected chi connectivity index (χ0v) is 9.88. The van der Waals surface area contributed by atoms with E-state index in [1.807, 2.05) is 0 Å². The van der Waals surface area contributed by atoms with Gasteiger partial charge >= 0.3 is 5.97 Å². The second-order valence-electron chi connectivity index (χ2n) is 4.14. The molecule has 1 aromatic carbocycles. The molecule has 0 unspecified atom stereocenters. The fourth-order valence-electron chi connectivity index (χ4n) is 2.04. The van der Waals surface area contributed by atoms with Crippen LogP contribution in [0.4, 0.5) is 5.69 Å². The molecule has 0 fully saturated rings. The average Bonchev–Trinajstić information content (AvgIpc) is 2.61. The van der Waals surface area contributed by atoms with Crippen LogP contribution in [-0.4, -0.2) is 35.7 Å². The maximum atomic E-state index is 11.5. The van der Waals surface area contributed by atoms with Crippen molar-refractivity contribution in [1.29, 1.82) is 0 Å². The standard InChI is InChI=1S/C13H13NO4/c1-14-11-3-2-8(4-9(11)5-12(14)16)10(7-15)6-13(17)18/h2-4,6,15H,5,7H2,1H3,(H,17,18)/b10-6+. The van der Waals surface area contributed by atoms with Crippen LogP contribution < -0.4 is 4.90 Å². The number of aliphatic carboxylic acids is 1. The molecule has 0 aromatic heterocycles. The topological polar surface area (TPSA) is 77.8 Å². The number of carbonyl (C=O) groups is 2. The number of likely N-dealkylation sites (N-methyl/N-ethyl adjacent to an activating group) is 1. The van der Waals surface area contributed by atoms with E-state index in [1.54, 1.807) is 30.1 Å². The Balaban J connectivity index is 2.42. The lowest BCUT2D eigenvalue weighted by Crippen LogP contribution is -2.20. The quantitative estimate of drug-likeness (QED) is 0.769. The van der Waals surface area contributed by atoms with Crippen LogP contribution in [0.5, 0.6) is 0 Å². The Labute approximate surface area is 104 Å². The summed E-state index contributed by atoms with van der Waals surface area (Å²) in [6, 6.07) is 5.22. The van der Waals surface area contributed by atoms with Crippen molar-refractivity contribution in [2.45, 2.75) is 6.42 Å². The van der Waals surface area contributed by atoms with E-state index < -0.39 is 5.97 Å². The van der Waals surface area contributed by atoms with Gasteiger partial charge in [-0.1, -0.05) is 6.07 Å². The lowest BCUT2D eigenvalue weighted by molar-refractivity contribution is -0.131. The Hall–Kier alpha value is -2.14. The van der Waals surface area contributed by atoms with Crippen molar-refractivity contribution in [2.24, 2.45) is 0 Å². The third-order valence-corrected chi connectivity index (χ3v) is 3.00. The summed E-state index contributed by atoms with van der Waals surface area (Å²) in [5.74, 6) is -1.09. The second kappa shape index (κ2) is 4.62. The van der Waals surface area contributed by atoms with Gasteiger partial charge in [0.1, 0.15) is 0 Å². The molecular formula is C13H13NO4. The van der Waals surface area contributed by atoms with Gasteiger partial charge in [-0.2, -0.15) is 0 Å². The number of benzene rings is 1. The van der Waals surface area contributed by atoms with Crippen LogP contribution in [0.2, 0.25) is 0 Å². The molecular weight excluding hydrogens is 234 g/mol. The molecule has 0 aliphatic carbocycles. The highest BCUT2D eigenvalue weighted by Crippen LogP contribution is 2.30. The van der Waals surface area contributed by atoms with Crippen LogP contribution in [0.1, 0.15) is 11.1 Å². The highest BCUT2D eigenvalue weighted by atomic mass is 16.4. The van der Waals surface area contributed by atoms with E-state index in [0.717, 1.165) is 17.3 Å². The van der Waals surface area contributed by atoms with Crippen molar-refractivity contribution in [2.75, 3.05) is 18.6 Å².